The molecule has 2 heterocycles. The molecule has 1 aliphatic rings. The van der Waals surface area contributed by atoms with Gasteiger partial charge in [0.05, 0.1) is 5.69 Å². The second-order valence-corrected chi connectivity index (χ2v) is 6.94. The molecule has 1 aromatic carbocycles. The molecule has 0 spiro atoms. The fourth-order valence-electron chi connectivity index (χ4n) is 2.55. The SMILES string of the molecule is C[C@@H]1CN(Cc2csc(COc3ccc(Cl)cc3)n2)CCN1. The molecule has 1 atom stereocenters. The van der Waals surface area contributed by atoms with E-state index in [-0.39, 0.29) is 0 Å². The van der Waals surface area contributed by atoms with Crippen molar-refractivity contribution in [2.45, 2.75) is 26.1 Å². The Morgan fingerprint density at radius 1 is 1.41 bits per heavy atom. The van der Waals surface area contributed by atoms with Crippen LogP contribution in [0, 0.1) is 0 Å². The van der Waals surface area contributed by atoms with Crippen molar-refractivity contribution < 1.29 is 4.74 Å². The minimum Gasteiger partial charge on any atom is -0.486 e. The third-order valence-electron chi connectivity index (χ3n) is 3.61. The Morgan fingerprint density at radius 3 is 3.00 bits per heavy atom. The van der Waals surface area contributed by atoms with Gasteiger partial charge in [0.25, 0.3) is 0 Å². The van der Waals surface area contributed by atoms with Gasteiger partial charge in [0.15, 0.2) is 0 Å². The summed E-state index contributed by atoms with van der Waals surface area (Å²) < 4.78 is 5.73. The quantitative estimate of drug-likeness (QED) is 0.909. The highest BCUT2D eigenvalue weighted by Crippen LogP contribution is 2.19. The standard InChI is InChI=1S/C16H20ClN3OS/c1-12-8-20(7-6-18-12)9-14-11-22-16(19-14)10-21-15-4-2-13(17)3-5-15/h2-5,11-12,18H,6-10H2,1H3/t12-/m1/s1. The largest absolute Gasteiger partial charge is 0.486 e. The minimum absolute atomic E-state index is 0.504. The maximum atomic E-state index is 5.86. The topological polar surface area (TPSA) is 37.4 Å². The summed E-state index contributed by atoms with van der Waals surface area (Å²) in [6.45, 7) is 6.86. The minimum atomic E-state index is 0.504. The lowest BCUT2D eigenvalue weighted by molar-refractivity contribution is 0.197. The molecule has 0 saturated carbocycles. The van der Waals surface area contributed by atoms with Gasteiger partial charge in [0.1, 0.15) is 17.4 Å². The summed E-state index contributed by atoms with van der Waals surface area (Å²) in [5, 5.41) is 7.31. The molecule has 0 aliphatic carbocycles. The number of piperazine rings is 1. The summed E-state index contributed by atoms with van der Waals surface area (Å²) in [6.07, 6.45) is 0. The van der Waals surface area contributed by atoms with E-state index in [1.807, 2.05) is 24.3 Å². The highest BCUT2D eigenvalue weighted by Gasteiger charge is 2.16. The molecule has 0 unspecified atom stereocenters. The number of nitrogens with zero attached hydrogens (tertiary/aromatic N) is 2. The van der Waals surface area contributed by atoms with Gasteiger partial charge in [-0.25, -0.2) is 4.98 Å². The summed E-state index contributed by atoms with van der Waals surface area (Å²) in [7, 11) is 0. The Morgan fingerprint density at radius 2 is 2.23 bits per heavy atom. The normalized spacial score (nSPS) is 19.3. The van der Waals surface area contributed by atoms with Crippen LogP contribution in [0.2, 0.25) is 5.02 Å². The number of halogens is 1. The first-order chi connectivity index (χ1) is 10.7. The van der Waals surface area contributed by atoms with Crippen molar-refractivity contribution in [3.05, 3.63) is 45.4 Å². The van der Waals surface area contributed by atoms with Gasteiger partial charge >= 0.3 is 0 Å². The molecule has 1 aliphatic heterocycles. The Balaban J connectivity index is 1.51. The summed E-state index contributed by atoms with van der Waals surface area (Å²) in [5.41, 5.74) is 1.13. The van der Waals surface area contributed by atoms with Crippen LogP contribution in [0.3, 0.4) is 0 Å². The van der Waals surface area contributed by atoms with Crippen LogP contribution in [0.25, 0.3) is 0 Å². The van der Waals surface area contributed by atoms with Gasteiger partial charge < -0.3 is 10.1 Å². The Labute approximate surface area is 140 Å². The number of benzene rings is 1. The van der Waals surface area contributed by atoms with Gasteiger partial charge in [-0.3, -0.25) is 4.90 Å². The van der Waals surface area contributed by atoms with Crippen molar-refractivity contribution >= 4 is 22.9 Å². The van der Waals surface area contributed by atoms with Crippen LogP contribution >= 0.6 is 22.9 Å². The fraction of sp³-hybridized carbons (Fsp3) is 0.438. The van der Waals surface area contributed by atoms with Crippen molar-refractivity contribution in [2.75, 3.05) is 19.6 Å². The molecule has 2 aromatic rings. The van der Waals surface area contributed by atoms with Crippen LogP contribution in [0.5, 0.6) is 5.75 Å². The lowest BCUT2D eigenvalue weighted by Crippen LogP contribution is -2.48. The van der Waals surface area contributed by atoms with E-state index in [0.29, 0.717) is 17.7 Å². The average molecular weight is 338 g/mol. The van der Waals surface area contributed by atoms with E-state index in [4.69, 9.17) is 16.3 Å². The molecular formula is C16H20ClN3OS. The maximum Gasteiger partial charge on any atom is 0.140 e. The average Bonchev–Trinajstić information content (AvgIpc) is 2.94. The number of ether oxygens (including phenoxy) is 1. The molecule has 1 aromatic heterocycles. The number of hydrogen-bond acceptors (Lipinski definition) is 5. The van der Waals surface area contributed by atoms with Gasteiger partial charge in [-0.2, -0.15) is 0 Å². The number of hydrogen-bond donors (Lipinski definition) is 1. The third kappa shape index (κ3) is 4.43. The molecule has 0 radical (unpaired) electrons. The summed E-state index contributed by atoms with van der Waals surface area (Å²) in [4.78, 5) is 7.11. The van der Waals surface area contributed by atoms with Crippen molar-refractivity contribution in [3.8, 4) is 5.75 Å². The molecule has 1 saturated heterocycles. The van der Waals surface area contributed by atoms with Crippen molar-refractivity contribution in [1.82, 2.24) is 15.2 Å². The molecule has 6 heteroatoms. The van der Waals surface area contributed by atoms with E-state index in [2.05, 4.69) is 27.5 Å². The first kappa shape index (κ1) is 15.7. The highest BCUT2D eigenvalue weighted by atomic mass is 35.5. The van der Waals surface area contributed by atoms with Gasteiger partial charge in [-0.1, -0.05) is 11.6 Å². The van der Waals surface area contributed by atoms with Crippen LogP contribution in [-0.4, -0.2) is 35.6 Å². The molecule has 4 nitrogen and oxygen atoms in total. The van der Waals surface area contributed by atoms with E-state index in [0.717, 1.165) is 42.6 Å². The number of thiazole rings is 1. The lowest BCUT2D eigenvalue weighted by Gasteiger charge is -2.31. The molecular weight excluding hydrogens is 318 g/mol. The Bertz CT molecular complexity index is 602. The Hall–Kier alpha value is -1.14. The van der Waals surface area contributed by atoms with E-state index in [9.17, 15) is 0 Å². The van der Waals surface area contributed by atoms with E-state index in [1.54, 1.807) is 11.3 Å². The molecule has 1 N–H and O–H groups in total. The van der Waals surface area contributed by atoms with Crippen LogP contribution in [-0.2, 0) is 13.2 Å². The van der Waals surface area contributed by atoms with E-state index < -0.39 is 0 Å². The number of rotatable bonds is 5. The molecule has 22 heavy (non-hydrogen) atoms. The third-order valence-corrected chi connectivity index (χ3v) is 4.74. The molecule has 0 bridgehead atoms. The highest BCUT2D eigenvalue weighted by molar-refractivity contribution is 7.09. The monoisotopic (exact) mass is 337 g/mol. The van der Waals surface area contributed by atoms with Crippen LogP contribution < -0.4 is 10.1 Å². The number of aromatic nitrogens is 1. The van der Waals surface area contributed by atoms with Crippen molar-refractivity contribution in [1.29, 1.82) is 0 Å². The summed E-state index contributed by atoms with van der Waals surface area (Å²) >= 11 is 7.52. The Kier molecular flexibility index (Phi) is 5.31. The van der Waals surface area contributed by atoms with Crippen LogP contribution in [0.15, 0.2) is 29.6 Å². The van der Waals surface area contributed by atoms with Crippen molar-refractivity contribution in [2.24, 2.45) is 0 Å². The second-order valence-electron chi connectivity index (χ2n) is 5.57. The summed E-state index contributed by atoms with van der Waals surface area (Å²) in [6, 6.07) is 7.96. The maximum absolute atomic E-state index is 5.86. The lowest BCUT2D eigenvalue weighted by atomic mass is 10.2. The van der Waals surface area contributed by atoms with Gasteiger partial charge in [-0.15, -0.1) is 11.3 Å². The number of nitrogens with one attached hydrogen (secondary N) is 1. The van der Waals surface area contributed by atoms with Gasteiger partial charge in [0.2, 0.25) is 0 Å². The molecule has 0 amide bonds. The van der Waals surface area contributed by atoms with E-state index >= 15 is 0 Å². The first-order valence-electron chi connectivity index (χ1n) is 7.46. The zero-order chi connectivity index (χ0) is 15.4. The molecule has 1 fully saturated rings. The predicted octanol–water partition coefficient (Wildman–Crippen LogP) is 3.17. The van der Waals surface area contributed by atoms with Gasteiger partial charge in [0, 0.05) is 42.6 Å². The smallest absolute Gasteiger partial charge is 0.140 e. The van der Waals surface area contributed by atoms with Gasteiger partial charge in [-0.05, 0) is 31.2 Å². The molecule has 118 valence electrons. The van der Waals surface area contributed by atoms with Crippen LogP contribution in [0.4, 0.5) is 0 Å². The summed E-state index contributed by atoms with van der Waals surface area (Å²) in [5.74, 6) is 0.817. The molecule has 3 rings (SSSR count). The zero-order valence-corrected chi connectivity index (χ0v) is 14.2. The first-order valence-corrected chi connectivity index (χ1v) is 8.72. The fourth-order valence-corrected chi connectivity index (χ4v) is 3.37. The second kappa shape index (κ2) is 7.42. The van der Waals surface area contributed by atoms with Crippen molar-refractivity contribution in [3.63, 3.8) is 0 Å². The zero-order valence-electron chi connectivity index (χ0n) is 12.6. The van der Waals surface area contributed by atoms with E-state index in [1.165, 1.54) is 0 Å². The van der Waals surface area contributed by atoms with Crippen LogP contribution in [0.1, 0.15) is 17.6 Å². The predicted molar refractivity (Wildman–Crippen MR) is 90.6 cm³/mol.